The van der Waals surface area contributed by atoms with Gasteiger partial charge in [-0.15, -0.1) is 0 Å². The molecule has 2 aromatic rings. The fourth-order valence-corrected chi connectivity index (χ4v) is 2.88. The van der Waals surface area contributed by atoms with Crippen LogP contribution in [0.25, 0.3) is 5.52 Å². The standard InChI is InChI=1S/C13H14N2O2/c16-12(17)13(6-2-3-7-13)10-9-14-15-8-4-1-5-11(10)15/h1,4-5,8-9H,2-3,6-7H2,(H,16,17). The summed E-state index contributed by atoms with van der Waals surface area (Å²) in [4.78, 5) is 11.6. The zero-order chi connectivity index (χ0) is 11.9. The molecule has 0 amide bonds. The Morgan fingerprint density at radius 2 is 2.12 bits per heavy atom. The number of carboxylic acid groups (broad SMARTS) is 1. The second kappa shape index (κ2) is 3.58. The molecule has 0 spiro atoms. The van der Waals surface area contributed by atoms with E-state index in [1.165, 1.54) is 0 Å². The third-order valence-electron chi connectivity index (χ3n) is 3.81. The van der Waals surface area contributed by atoms with Crippen molar-refractivity contribution in [1.29, 1.82) is 0 Å². The van der Waals surface area contributed by atoms with Crippen LogP contribution < -0.4 is 0 Å². The molecule has 88 valence electrons. The molecule has 1 N–H and O–H groups in total. The van der Waals surface area contributed by atoms with E-state index in [1.807, 2.05) is 24.4 Å². The lowest BCUT2D eigenvalue weighted by Crippen LogP contribution is -2.32. The Morgan fingerprint density at radius 1 is 1.35 bits per heavy atom. The molecular formula is C13H14N2O2. The van der Waals surface area contributed by atoms with Gasteiger partial charge in [0.15, 0.2) is 0 Å². The maximum absolute atomic E-state index is 11.6. The molecule has 1 aliphatic carbocycles. The lowest BCUT2D eigenvalue weighted by atomic mass is 9.79. The van der Waals surface area contributed by atoms with Crippen molar-refractivity contribution in [1.82, 2.24) is 9.61 Å². The highest BCUT2D eigenvalue weighted by Gasteiger charge is 2.44. The van der Waals surface area contributed by atoms with Gasteiger partial charge in [0.1, 0.15) is 0 Å². The van der Waals surface area contributed by atoms with E-state index < -0.39 is 11.4 Å². The number of nitrogens with zero attached hydrogens (tertiary/aromatic N) is 2. The Morgan fingerprint density at radius 3 is 2.82 bits per heavy atom. The highest BCUT2D eigenvalue weighted by Crippen LogP contribution is 2.42. The van der Waals surface area contributed by atoms with Gasteiger partial charge in [0.05, 0.1) is 17.1 Å². The van der Waals surface area contributed by atoms with Crippen LogP contribution in [0.1, 0.15) is 31.2 Å². The normalized spacial score (nSPS) is 18.6. The predicted octanol–water partition coefficient (Wildman–Crippen LogP) is 2.23. The summed E-state index contributed by atoms with van der Waals surface area (Å²) in [6.07, 6.45) is 6.97. The first-order chi connectivity index (χ1) is 8.24. The van der Waals surface area contributed by atoms with E-state index in [0.717, 1.165) is 36.8 Å². The molecular weight excluding hydrogens is 216 g/mol. The fourth-order valence-electron chi connectivity index (χ4n) is 2.88. The van der Waals surface area contributed by atoms with Gasteiger partial charge in [-0.2, -0.15) is 5.10 Å². The molecule has 17 heavy (non-hydrogen) atoms. The van der Waals surface area contributed by atoms with Crippen LogP contribution in [0.4, 0.5) is 0 Å². The van der Waals surface area contributed by atoms with Gasteiger partial charge < -0.3 is 5.11 Å². The lowest BCUT2D eigenvalue weighted by Gasteiger charge is -2.22. The molecule has 4 heteroatoms. The van der Waals surface area contributed by atoms with Gasteiger partial charge in [0.25, 0.3) is 0 Å². The van der Waals surface area contributed by atoms with Crippen molar-refractivity contribution in [3.63, 3.8) is 0 Å². The van der Waals surface area contributed by atoms with Gasteiger partial charge >= 0.3 is 5.97 Å². The van der Waals surface area contributed by atoms with E-state index in [9.17, 15) is 9.90 Å². The number of carboxylic acids is 1. The van der Waals surface area contributed by atoms with Crippen molar-refractivity contribution in [3.8, 4) is 0 Å². The summed E-state index contributed by atoms with van der Waals surface area (Å²) in [5, 5.41) is 13.8. The summed E-state index contributed by atoms with van der Waals surface area (Å²) in [5.41, 5.74) is 1.06. The Bertz CT molecular complexity index is 568. The molecule has 2 heterocycles. The van der Waals surface area contributed by atoms with Gasteiger partial charge in [-0.1, -0.05) is 18.9 Å². The van der Waals surface area contributed by atoms with Crippen LogP contribution in [0.2, 0.25) is 0 Å². The molecule has 0 unspecified atom stereocenters. The number of aliphatic carboxylic acids is 1. The summed E-state index contributed by atoms with van der Waals surface area (Å²) in [6, 6.07) is 5.75. The number of aromatic nitrogens is 2. The van der Waals surface area contributed by atoms with E-state index in [4.69, 9.17) is 0 Å². The minimum absolute atomic E-state index is 0.714. The van der Waals surface area contributed by atoms with Crippen LogP contribution in [0.5, 0.6) is 0 Å². The van der Waals surface area contributed by atoms with Gasteiger partial charge in [-0.3, -0.25) is 4.79 Å². The third-order valence-corrected chi connectivity index (χ3v) is 3.81. The van der Waals surface area contributed by atoms with E-state index in [1.54, 1.807) is 10.7 Å². The first-order valence-electron chi connectivity index (χ1n) is 5.90. The average molecular weight is 230 g/mol. The first kappa shape index (κ1) is 10.3. The van der Waals surface area contributed by atoms with Crippen LogP contribution in [0.3, 0.4) is 0 Å². The van der Waals surface area contributed by atoms with Crippen molar-refractivity contribution in [2.45, 2.75) is 31.1 Å². The largest absolute Gasteiger partial charge is 0.481 e. The maximum Gasteiger partial charge on any atom is 0.314 e. The lowest BCUT2D eigenvalue weighted by molar-refractivity contribution is -0.143. The fraction of sp³-hybridized carbons (Fsp3) is 0.385. The molecule has 0 aromatic carbocycles. The summed E-state index contributed by atoms with van der Waals surface area (Å²) in [6.45, 7) is 0. The summed E-state index contributed by atoms with van der Waals surface area (Å²) in [5.74, 6) is -0.714. The van der Waals surface area contributed by atoms with Gasteiger partial charge in [0, 0.05) is 11.8 Å². The molecule has 4 nitrogen and oxygen atoms in total. The molecule has 0 atom stereocenters. The monoisotopic (exact) mass is 230 g/mol. The number of hydrogen-bond acceptors (Lipinski definition) is 2. The number of pyridine rings is 1. The SMILES string of the molecule is O=C(O)C1(c2cnn3ccccc23)CCCC1. The number of carbonyl (C=O) groups is 1. The van der Waals surface area contributed by atoms with Crippen LogP contribution in [-0.4, -0.2) is 20.7 Å². The third kappa shape index (κ3) is 1.37. The van der Waals surface area contributed by atoms with Crippen LogP contribution in [-0.2, 0) is 10.2 Å². The molecule has 3 rings (SSSR count). The number of rotatable bonds is 2. The van der Waals surface area contributed by atoms with Crippen molar-refractivity contribution < 1.29 is 9.90 Å². The maximum atomic E-state index is 11.6. The zero-order valence-corrected chi connectivity index (χ0v) is 9.47. The van der Waals surface area contributed by atoms with Crippen LogP contribution in [0.15, 0.2) is 30.6 Å². The molecule has 1 fully saturated rings. The topological polar surface area (TPSA) is 54.6 Å². The van der Waals surface area contributed by atoms with Crippen molar-refractivity contribution in [2.75, 3.05) is 0 Å². The Balaban J connectivity index is 2.22. The second-order valence-electron chi connectivity index (χ2n) is 4.68. The smallest absolute Gasteiger partial charge is 0.314 e. The predicted molar refractivity (Wildman–Crippen MR) is 63.0 cm³/mol. The minimum atomic E-state index is -0.719. The Labute approximate surface area is 98.9 Å². The first-order valence-corrected chi connectivity index (χ1v) is 5.90. The number of hydrogen-bond donors (Lipinski definition) is 1. The quantitative estimate of drug-likeness (QED) is 0.860. The van der Waals surface area contributed by atoms with E-state index in [2.05, 4.69) is 5.10 Å². The van der Waals surface area contributed by atoms with Gasteiger partial charge in [-0.25, -0.2) is 4.52 Å². The zero-order valence-electron chi connectivity index (χ0n) is 9.47. The minimum Gasteiger partial charge on any atom is -0.481 e. The molecule has 1 saturated carbocycles. The molecule has 0 saturated heterocycles. The van der Waals surface area contributed by atoms with E-state index >= 15 is 0 Å². The van der Waals surface area contributed by atoms with Crippen molar-refractivity contribution >= 4 is 11.5 Å². The molecule has 0 aliphatic heterocycles. The van der Waals surface area contributed by atoms with E-state index in [0.29, 0.717) is 0 Å². The summed E-state index contributed by atoms with van der Waals surface area (Å²) >= 11 is 0. The molecule has 0 radical (unpaired) electrons. The van der Waals surface area contributed by atoms with Gasteiger partial charge in [0.2, 0.25) is 0 Å². The second-order valence-corrected chi connectivity index (χ2v) is 4.68. The summed E-state index contributed by atoms with van der Waals surface area (Å²) < 4.78 is 1.75. The Hall–Kier alpha value is -1.84. The summed E-state index contributed by atoms with van der Waals surface area (Å²) in [7, 11) is 0. The molecule has 0 bridgehead atoms. The van der Waals surface area contributed by atoms with Crippen molar-refractivity contribution in [2.24, 2.45) is 0 Å². The van der Waals surface area contributed by atoms with Crippen LogP contribution >= 0.6 is 0 Å². The highest BCUT2D eigenvalue weighted by atomic mass is 16.4. The van der Waals surface area contributed by atoms with E-state index in [-0.39, 0.29) is 0 Å². The Kier molecular flexibility index (Phi) is 2.18. The van der Waals surface area contributed by atoms with Crippen LogP contribution in [0, 0.1) is 0 Å². The highest BCUT2D eigenvalue weighted by molar-refractivity contribution is 5.85. The average Bonchev–Trinajstić information content (AvgIpc) is 2.95. The van der Waals surface area contributed by atoms with Crippen molar-refractivity contribution in [3.05, 3.63) is 36.2 Å². The molecule has 1 aliphatic rings. The molecule has 2 aromatic heterocycles. The number of fused-ring (bicyclic) bond motifs is 1. The van der Waals surface area contributed by atoms with Gasteiger partial charge in [-0.05, 0) is 25.0 Å².